The molecule has 6 nitrogen and oxygen atoms in total. The van der Waals surface area contributed by atoms with Crippen molar-refractivity contribution in [3.05, 3.63) is 70.3 Å². The molecule has 150 valence electrons. The Morgan fingerprint density at radius 1 is 1.10 bits per heavy atom. The van der Waals surface area contributed by atoms with Crippen LogP contribution in [0.3, 0.4) is 0 Å². The first kappa shape index (κ1) is 18.2. The molecule has 6 heteroatoms. The summed E-state index contributed by atoms with van der Waals surface area (Å²) in [4.78, 5) is 30.0. The van der Waals surface area contributed by atoms with Crippen molar-refractivity contribution >= 4 is 16.8 Å². The first-order valence-electron chi connectivity index (χ1n) is 10.3. The van der Waals surface area contributed by atoms with Crippen molar-refractivity contribution in [2.45, 2.75) is 37.8 Å². The van der Waals surface area contributed by atoms with Gasteiger partial charge < -0.3 is 19.2 Å². The third kappa shape index (κ3) is 3.17. The number of nitrogens with one attached hydrogen (secondary N) is 1. The minimum Gasteiger partial charge on any atom is -0.368 e. The third-order valence-corrected chi connectivity index (χ3v) is 6.39. The van der Waals surface area contributed by atoms with E-state index in [0.29, 0.717) is 26.1 Å². The minimum absolute atomic E-state index is 0.0696. The van der Waals surface area contributed by atoms with Gasteiger partial charge in [0, 0.05) is 49.2 Å². The molecule has 2 aromatic heterocycles. The Morgan fingerprint density at radius 2 is 1.90 bits per heavy atom. The van der Waals surface area contributed by atoms with E-state index in [1.165, 1.54) is 22.7 Å². The lowest BCUT2D eigenvalue weighted by atomic mass is 9.83. The van der Waals surface area contributed by atoms with E-state index in [0.717, 1.165) is 31.4 Å². The van der Waals surface area contributed by atoms with Gasteiger partial charge in [-0.05, 0) is 37.0 Å². The number of aryl methyl sites for hydroxylation is 1. The molecule has 29 heavy (non-hydrogen) atoms. The number of H-pyrrole nitrogens is 1. The summed E-state index contributed by atoms with van der Waals surface area (Å²) < 4.78 is 7.91. The predicted octanol–water partition coefficient (Wildman–Crippen LogP) is 2.81. The SMILES string of the molecule is O=C(CCn1ccccc1=O)N1CCC2(CC1)OCCc1c2[nH]c2ccccc12. The fraction of sp³-hybridized carbons (Fsp3) is 0.391. The molecule has 5 rings (SSSR count). The molecule has 4 heterocycles. The highest BCUT2D eigenvalue weighted by Crippen LogP contribution is 2.43. The molecule has 1 amide bonds. The Bertz CT molecular complexity index is 1110. The summed E-state index contributed by atoms with van der Waals surface area (Å²) in [7, 11) is 0. The maximum absolute atomic E-state index is 12.7. The molecule has 0 aliphatic carbocycles. The van der Waals surface area contributed by atoms with Crippen LogP contribution in [0, 0.1) is 0 Å². The van der Waals surface area contributed by atoms with Crippen LogP contribution in [0.4, 0.5) is 0 Å². The van der Waals surface area contributed by atoms with E-state index in [1.807, 2.05) is 11.0 Å². The number of hydrogen-bond acceptors (Lipinski definition) is 3. The Hall–Kier alpha value is -2.86. The first-order chi connectivity index (χ1) is 14.2. The van der Waals surface area contributed by atoms with Gasteiger partial charge in [0.25, 0.3) is 5.56 Å². The van der Waals surface area contributed by atoms with Gasteiger partial charge in [0.2, 0.25) is 5.91 Å². The zero-order valence-electron chi connectivity index (χ0n) is 16.4. The number of amides is 1. The number of pyridine rings is 1. The smallest absolute Gasteiger partial charge is 0.250 e. The van der Waals surface area contributed by atoms with E-state index in [1.54, 1.807) is 16.8 Å². The summed E-state index contributed by atoms with van der Waals surface area (Å²) in [6.07, 6.45) is 4.59. The van der Waals surface area contributed by atoms with E-state index in [2.05, 4.69) is 29.2 Å². The minimum atomic E-state index is -0.320. The number of fused-ring (bicyclic) bond motifs is 4. The molecule has 0 bridgehead atoms. The average molecular weight is 391 g/mol. The summed E-state index contributed by atoms with van der Waals surface area (Å²) in [5, 5.41) is 1.29. The second kappa shape index (κ2) is 7.19. The largest absolute Gasteiger partial charge is 0.368 e. The Balaban J connectivity index is 1.29. The number of ether oxygens (including phenoxy) is 1. The predicted molar refractivity (Wildman–Crippen MR) is 111 cm³/mol. The molecule has 0 radical (unpaired) electrons. The summed E-state index contributed by atoms with van der Waals surface area (Å²) in [5.74, 6) is 0.100. The zero-order chi connectivity index (χ0) is 19.8. The fourth-order valence-corrected chi connectivity index (χ4v) is 4.80. The Kier molecular flexibility index (Phi) is 4.51. The molecule has 0 saturated carbocycles. The van der Waals surface area contributed by atoms with Crippen molar-refractivity contribution in [2.24, 2.45) is 0 Å². The topological polar surface area (TPSA) is 67.3 Å². The molecule has 0 unspecified atom stereocenters. The van der Waals surface area contributed by atoms with Crippen LogP contribution >= 0.6 is 0 Å². The number of para-hydroxylation sites is 1. The number of likely N-dealkylation sites (tertiary alicyclic amines) is 1. The van der Waals surface area contributed by atoms with Crippen molar-refractivity contribution in [3.63, 3.8) is 0 Å². The lowest BCUT2D eigenvalue weighted by Gasteiger charge is -2.43. The van der Waals surface area contributed by atoms with Crippen LogP contribution in [0.15, 0.2) is 53.5 Å². The molecule has 0 atom stereocenters. The quantitative estimate of drug-likeness (QED) is 0.747. The number of benzene rings is 1. The highest BCUT2D eigenvalue weighted by Gasteiger charge is 2.43. The van der Waals surface area contributed by atoms with Crippen LogP contribution in [-0.4, -0.2) is 40.1 Å². The second-order valence-corrected chi connectivity index (χ2v) is 7.98. The molecule has 3 aromatic rings. The van der Waals surface area contributed by atoms with E-state index < -0.39 is 0 Å². The van der Waals surface area contributed by atoms with E-state index >= 15 is 0 Å². The molecular formula is C23H25N3O3. The van der Waals surface area contributed by atoms with Crippen LogP contribution in [0.5, 0.6) is 0 Å². The lowest BCUT2D eigenvalue weighted by Crippen LogP contribution is -2.48. The molecule has 1 saturated heterocycles. The van der Waals surface area contributed by atoms with Crippen molar-refractivity contribution in [3.8, 4) is 0 Å². The Morgan fingerprint density at radius 3 is 2.72 bits per heavy atom. The molecule has 1 fully saturated rings. The lowest BCUT2D eigenvalue weighted by molar-refractivity contribution is -0.141. The van der Waals surface area contributed by atoms with E-state index in [4.69, 9.17) is 4.74 Å². The number of hydrogen-bond donors (Lipinski definition) is 1. The number of carbonyl (C=O) groups is 1. The van der Waals surface area contributed by atoms with Gasteiger partial charge in [-0.2, -0.15) is 0 Å². The molecule has 1 spiro atoms. The molecule has 2 aliphatic rings. The second-order valence-electron chi connectivity index (χ2n) is 7.98. The van der Waals surface area contributed by atoms with Crippen molar-refractivity contribution in [2.75, 3.05) is 19.7 Å². The summed E-state index contributed by atoms with van der Waals surface area (Å²) >= 11 is 0. The van der Waals surface area contributed by atoms with Crippen LogP contribution in [-0.2, 0) is 28.1 Å². The maximum atomic E-state index is 12.7. The van der Waals surface area contributed by atoms with Gasteiger partial charge >= 0.3 is 0 Å². The van der Waals surface area contributed by atoms with Gasteiger partial charge in [0.15, 0.2) is 0 Å². The van der Waals surface area contributed by atoms with Gasteiger partial charge in [0.05, 0.1) is 12.3 Å². The average Bonchev–Trinajstić information content (AvgIpc) is 3.14. The molecule has 2 aliphatic heterocycles. The normalized spacial score (nSPS) is 18.1. The standard InChI is InChI=1S/C23H25N3O3/c27-20-7-3-4-12-25(20)13-8-21(28)26-14-10-23(11-15-26)22-18(9-16-29-23)17-5-1-2-6-19(17)24-22/h1-7,12,24H,8-11,13-16H2. The molecule has 1 aromatic carbocycles. The summed E-state index contributed by atoms with van der Waals surface area (Å²) in [6, 6.07) is 13.5. The Labute approximate surface area is 169 Å². The summed E-state index contributed by atoms with van der Waals surface area (Å²) in [5.41, 5.74) is 3.34. The van der Waals surface area contributed by atoms with Gasteiger partial charge in [-0.15, -0.1) is 0 Å². The highest BCUT2D eigenvalue weighted by molar-refractivity contribution is 5.85. The number of nitrogens with zero attached hydrogens (tertiary/aromatic N) is 2. The molecule has 1 N–H and O–H groups in total. The summed E-state index contributed by atoms with van der Waals surface area (Å²) in [6.45, 7) is 2.50. The van der Waals surface area contributed by atoms with Crippen molar-refractivity contribution in [1.29, 1.82) is 0 Å². The first-order valence-corrected chi connectivity index (χ1v) is 10.3. The number of piperidine rings is 1. The van der Waals surface area contributed by atoms with E-state index in [-0.39, 0.29) is 17.1 Å². The highest BCUT2D eigenvalue weighted by atomic mass is 16.5. The van der Waals surface area contributed by atoms with Crippen LogP contribution in [0.1, 0.15) is 30.5 Å². The molecular weight excluding hydrogens is 366 g/mol. The zero-order valence-corrected chi connectivity index (χ0v) is 16.4. The van der Waals surface area contributed by atoms with Gasteiger partial charge in [0.1, 0.15) is 5.60 Å². The number of aromatic amines is 1. The van der Waals surface area contributed by atoms with Crippen molar-refractivity contribution in [1.82, 2.24) is 14.5 Å². The van der Waals surface area contributed by atoms with Crippen LogP contribution in [0.2, 0.25) is 0 Å². The fourth-order valence-electron chi connectivity index (χ4n) is 4.80. The van der Waals surface area contributed by atoms with Gasteiger partial charge in [-0.3, -0.25) is 9.59 Å². The monoisotopic (exact) mass is 391 g/mol. The van der Waals surface area contributed by atoms with E-state index in [9.17, 15) is 9.59 Å². The third-order valence-electron chi connectivity index (χ3n) is 6.39. The van der Waals surface area contributed by atoms with Crippen LogP contribution < -0.4 is 5.56 Å². The number of rotatable bonds is 3. The maximum Gasteiger partial charge on any atom is 0.250 e. The van der Waals surface area contributed by atoms with Crippen LogP contribution in [0.25, 0.3) is 10.9 Å². The van der Waals surface area contributed by atoms with Gasteiger partial charge in [-0.25, -0.2) is 0 Å². The van der Waals surface area contributed by atoms with Crippen molar-refractivity contribution < 1.29 is 9.53 Å². The number of carbonyl (C=O) groups excluding carboxylic acids is 1. The number of aromatic nitrogens is 2. The van der Waals surface area contributed by atoms with Gasteiger partial charge in [-0.1, -0.05) is 24.3 Å².